The van der Waals surface area contributed by atoms with E-state index in [1.807, 2.05) is 46.7 Å². The van der Waals surface area contributed by atoms with E-state index in [2.05, 4.69) is 17.1 Å². The molecule has 0 spiro atoms. The Hall–Kier alpha value is -2.47. The molecule has 0 radical (unpaired) electrons. The maximum Gasteiger partial charge on any atom is 0.231 e. The van der Waals surface area contributed by atoms with Crippen LogP contribution in [0.5, 0.6) is 0 Å². The molecule has 1 fully saturated rings. The monoisotopic (exact) mass is 367 g/mol. The Balaban J connectivity index is 1.44. The van der Waals surface area contributed by atoms with E-state index in [9.17, 15) is 4.79 Å². The van der Waals surface area contributed by atoms with E-state index < -0.39 is 0 Å². The number of carbonyl (C=O) groups is 1. The van der Waals surface area contributed by atoms with Crippen LogP contribution < -0.4 is 0 Å². The highest BCUT2D eigenvalue weighted by Crippen LogP contribution is 2.28. The Morgan fingerprint density at radius 2 is 2.15 bits per heavy atom. The summed E-state index contributed by atoms with van der Waals surface area (Å²) >= 11 is 1.63. The molecule has 4 rings (SSSR count). The molecule has 1 atom stereocenters. The zero-order valence-corrected chi connectivity index (χ0v) is 15.5. The summed E-state index contributed by atoms with van der Waals surface area (Å²) in [7, 11) is 0. The first-order chi connectivity index (χ1) is 12.7. The van der Waals surface area contributed by atoms with Gasteiger partial charge >= 0.3 is 0 Å². The summed E-state index contributed by atoms with van der Waals surface area (Å²) in [6.07, 6.45) is 2.41. The molecule has 3 heterocycles. The number of nitrogens with zero attached hydrogens (tertiary/aromatic N) is 3. The maximum absolute atomic E-state index is 12.6. The quantitative estimate of drug-likeness (QED) is 0.698. The highest BCUT2D eigenvalue weighted by Gasteiger charge is 2.28. The number of aromatic nitrogens is 2. The van der Waals surface area contributed by atoms with Gasteiger partial charge in [0, 0.05) is 23.5 Å². The summed E-state index contributed by atoms with van der Waals surface area (Å²) in [5, 5.41) is 6.14. The summed E-state index contributed by atoms with van der Waals surface area (Å²) < 4.78 is 5.53. The molecular formula is C20H21N3O2S. The highest BCUT2D eigenvalue weighted by molar-refractivity contribution is 7.10. The van der Waals surface area contributed by atoms with Crippen LogP contribution in [0.2, 0.25) is 0 Å². The molecule has 0 aliphatic carbocycles. The minimum absolute atomic E-state index is 0.114. The molecule has 5 nitrogen and oxygen atoms in total. The van der Waals surface area contributed by atoms with Crippen LogP contribution in [-0.2, 0) is 11.2 Å². The molecule has 1 saturated heterocycles. The summed E-state index contributed by atoms with van der Waals surface area (Å²) in [5.74, 6) is 1.54. The minimum atomic E-state index is 0.114. The van der Waals surface area contributed by atoms with Crippen molar-refractivity contribution in [2.75, 3.05) is 13.1 Å². The molecule has 1 aromatic carbocycles. The Morgan fingerprint density at radius 3 is 2.92 bits per heavy atom. The molecule has 6 heteroatoms. The Morgan fingerprint density at radius 1 is 1.31 bits per heavy atom. The van der Waals surface area contributed by atoms with Gasteiger partial charge in [0.2, 0.25) is 17.6 Å². The lowest BCUT2D eigenvalue weighted by atomic mass is 9.97. The number of benzene rings is 1. The first-order valence-electron chi connectivity index (χ1n) is 8.90. The number of likely N-dealkylation sites (tertiary alicyclic amines) is 1. The lowest BCUT2D eigenvalue weighted by molar-refractivity contribution is -0.131. The smallest absolute Gasteiger partial charge is 0.231 e. The molecule has 0 bridgehead atoms. The van der Waals surface area contributed by atoms with Gasteiger partial charge in [0.15, 0.2) is 0 Å². The maximum atomic E-state index is 12.6. The normalized spacial score (nSPS) is 17.4. The number of rotatable bonds is 4. The SMILES string of the molecule is Cc1ccc(-c2noc([C@H]3CCCN(C(=O)Cc4cccs4)C3)n2)cc1. The van der Waals surface area contributed by atoms with Crippen LogP contribution in [-0.4, -0.2) is 34.0 Å². The summed E-state index contributed by atoms with van der Waals surface area (Å²) in [6, 6.07) is 12.1. The van der Waals surface area contributed by atoms with Crippen molar-refractivity contribution in [3.8, 4) is 11.4 Å². The molecule has 2 aromatic heterocycles. The van der Waals surface area contributed by atoms with Crippen molar-refractivity contribution in [3.63, 3.8) is 0 Å². The van der Waals surface area contributed by atoms with Crippen molar-refractivity contribution in [2.24, 2.45) is 0 Å². The summed E-state index contributed by atoms with van der Waals surface area (Å²) in [4.78, 5) is 20.2. The fraction of sp³-hybridized carbons (Fsp3) is 0.350. The van der Waals surface area contributed by atoms with E-state index in [1.54, 1.807) is 11.3 Å². The first-order valence-corrected chi connectivity index (χ1v) is 9.78. The molecule has 3 aromatic rings. The number of aryl methyl sites for hydroxylation is 1. The minimum Gasteiger partial charge on any atom is -0.342 e. The zero-order valence-electron chi connectivity index (χ0n) is 14.7. The van der Waals surface area contributed by atoms with Crippen LogP contribution in [0.1, 0.15) is 35.1 Å². The second kappa shape index (κ2) is 7.41. The average Bonchev–Trinajstić information content (AvgIpc) is 3.34. The number of piperidine rings is 1. The van der Waals surface area contributed by atoms with E-state index in [-0.39, 0.29) is 11.8 Å². The lowest BCUT2D eigenvalue weighted by Gasteiger charge is -2.31. The molecule has 26 heavy (non-hydrogen) atoms. The summed E-state index contributed by atoms with van der Waals surface area (Å²) in [6.45, 7) is 3.51. The van der Waals surface area contributed by atoms with Gasteiger partial charge in [-0.2, -0.15) is 4.98 Å². The third kappa shape index (κ3) is 3.70. The highest BCUT2D eigenvalue weighted by atomic mass is 32.1. The third-order valence-corrected chi connectivity index (χ3v) is 5.66. The van der Waals surface area contributed by atoms with Crippen LogP contribution in [0.3, 0.4) is 0 Å². The van der Waals surface area contributed by atoms with Crippen LogP contribution in [0.15, 0.2) is 46.3 Å². The summed E-state index contributed by atoms with van der Waals surface area (Å²) in [5.41, 5.74) is 2.15. The number of hydrogen-bond donors (Lipinski definition) is 0. The van der Waals surface area contributed by atoms with Gasteiger partial charge in [-0.25, -0.2) is 0 Å². The zero-order chi connectivity index (χ0) is 17.9. The molecule has 0 unspecified atom stereocenters. The molecule has 134 valence electrons. The first kappa shape index (κ1) is 17.0. The van der Waals surface area contributed by atoms with Gasteiger partial charge in [-0.3, -0.25) is 4.79 Å². The molecule has 0 N–H and O–H groups in total. The van der Waals surface area contributed by atoms with Crippen LogP contribution in [0.4, 0.5) is 0 Å². The van der Waals surface area contributed by atoms with Gasteiger partial charge in [-0.1, -0.05) is 41.1 Å². The second-order valence-electron chi connectivity index (χ2n) is 6.76. The average molecular weight is 367 g/mol. The van der Waals surface area contributed by atoms with E-state index in [4.69, 9.17) is 4.52 Å². The van der Waals surface area contributed by atoms with Gasteiger partial charge in [-0.15, -0.1) is 11.3 Å². The lowest BCUT2D eigenvalue weighted by Crippen LogP contribution is -2.39. The fourth-order valence-electron chi connectivity index (χ4n) is 3.30. The second-order valence-corrected chi connectivity index (χ2v) is 7.79. The third-order valence-electron chi connectivity index (χ3n) is 4.78. The van der Waals surface area contributed by atoms with Gasteiger partial charge in [-0.05, 0) is 31.2 Å². The van der Waals surface area contributed by atoms with Crippen molar-refractivity contribution in [1.82, 2.24) is 15.0 Å². The molecule has 1 aliphatic rings. The Kier molecular flexibility index (Phi) is 4.84. The number of thiophene rings is 1. The van der Waals surface area contributed by atoms with Gasteiger partial charge < -0.3 is 9.42 Å². The molecule has 0 saturated carbocycles. The van der Waals surface area contributed by atoms with Crippen LogP contribution in [0.25, 0.3) is 11.4 Å². The van der Waals surface area contributed by atoms with Gasteiger partial charge in [0.05, 0.1) is 12.3 Å². The van der Waals surface area contributed by atoms with Gasteiger partial charge in [0.25, 0.3) is 0 Å². The van der Waals surface area contributed by atoms with Crippen LogP contribution >= 0.6 is 11.3 Å². The van der Waals surface area contributed by atoms with Crippen molar-refractivity contribution in [3.05, 3.63) is 58.1 Å². The van der Waals surface area contributed by atoms with Crippen molar-refractivity contribution in [2.45, 2.75) is 32.1 Å². The van der Waals surface area contributed by atoms with E-state index in [1.165, 1.54) is 5.56 Å². The predicted octanol–water partition coefficient (Wildman–Crippen LogP) is 4.06. The largest absolute Gasteiger partial charge is 0.342 e. The van der Waals surface area contributed by atoms with E-state index in [0.29, 0.717) is 24.7 Å². The van der Waals surface area contributed by atoms with E-state index in [0.717, 1.165) is 29.8 Å². The van der Waals surface area contributed by atoms with Crippen LogP contribution in [0, 0.1) is 6.92 Å². The number of amides is 1. The topological polar surface area (TPSA) is 59.2 Å². The molecular weight excluding hydrogens is 346 g/mol. The van der Waals surface area contributed by atoms with E-state index >= 15 is 0 Å². The van der Waals surface area contributed by atoms with Gasteiger partial charge in [0.1, 0.15) is 0 Å². The Bertz CT molecular complexity index is 871. The van der Waals surface area contributed by atoms with Crippen molar-refractivity contribution in [1.29, 1.82) is 0 Å². The van der Waals surface area contributed by atoms with Crippen molar-refractivity contribution >= 4 is 17.2 Å². The molecule has 1 aliphatic heterocycles. The predicted molar refractivity (Wildman–Crippen MR) is 101 cm³/mol. The standard InChI is InChI=1S/C20H21N3O2S/c1-14-6-8-15(9-7-14)19-21-20(25-22-19)16-4-2-10-23(13-16)18(24)12-17-5-3-11-26-17/h3,5-9,11,16H,2,4,10,12-13H2,1H3/t16-/m0/s1. The number of hydrogen-bond acceptors (Lipinski definition) is 5. The molecule has 1 amide bonds. The number of carbonyl (C=O) groups excluding carboxylic acids is 1. The fourth-order valence-corrected chi connectivity index (χ4v) is 4.00. The Labute approximate surface area is 156 Å². The van der Waals surface area contributed by atoms with Crippen molar-refractivity contribution < 1.29 is 9.32 Å².